The third-order valence-corrected chi connectivity index (χ3v) is 13.6. The average molecular weight is 877 g/mol. The first-order valence-corrected chi connectivity index (χ1v) is 23.0. The molecule has 4 N–H and O–H groups in total. The van der Waals surface area contributed by atoms with Gasteiger partial charge in [0.2, 0.25) is 5.91 Å². The topological polar surface area (TPSA) is 156 Å². The van der Waals surface area contributed by atoms with Gasteiger partial charge in [-0.15, -0.1) is 11.3 Å². The number of carbonyl (C=O) groups excluding carboxylic acids is 4. The van der Waals surface area contributed by atoms with Crippen molar-refractivity contribution in [1.29, 1.82) is 0 Å². The van der Waals surface area contributed by atoms with Gasteiger partial charge in [-0.1, -0.05) is 45.9 Å². The van der Waals surface area contributed by atoms with Crippen molar-refractivity contribution in [3.63, 3.8) is 0 Å². The number of hydrogen-bond acceptors (Lipinski definition) is 14. The Labute approximate surface area is 367 Å². The van der Waals surface area contributed by atoms with Crippen LogP contribution in [0.4, 0.5) is 16.4 Å². The van der Waals surface area contributed by atoms with Gasteiger partial charge in [-0.25, -0.2) is 0 Å². The molecule has 4 aromatic rings. The Morgan fingerprint density at radius 3 is 2.48 bits per heavy atom. The third kappa shape index (κ3) is 13.9. The van der Waals surface area contributed by atoms with Crippen LogP contribution in [0.5, 0.6) is 11.5 Å². The van der Waals surface area contributed by atoms with Gasteiger partial charge in [0.1, 0.15) is 13.1 Å². The summed E-state index contributed by atoms with van der Waals surface area (Å²) in [5.41, 5.74) is 10.0. The number of para-hydroxylation sites is 1. The zero-order chi connectivity index (χ0) is 44.2. The van der Waals surface area contributed by atoms with E-state index in [9.17, 15) is 14.4 Å². The maximum Gasteiger partial charge on any atom is 0.224 e. The molecule has 6 rings (SSSR count). The summed E-state index contributed by atoms with van der Waals surface area (Å²) < 4.78 is 13.0. The van der Waals surface area contributed by atoms with E-state index in [-0.39, 0.29) is 22.7 Å². The Bertz CT molecular complexity index is 2070. The molecule has 60 heavy (non-hydrogen) atoms. The van der Waals surface area contributed by atoms with Crippen LogP contribution in [-0.2, 0) is 20.8 Å². The second kappa shape index (κ2) is 25.1. The molecule has 15 heteroatoms. The van der Waals surface area contributed by atoms with Crippen LogP contribution in [0.3, 0.4) is 0 Å². The van der Waals surface area contributed by atoms with Gasteiger partial charge in [0.25, 0.3) is 0 Å². The lowest BCUT2D eigenvalue weighted by molar-refractivity contribution is -0.120. The number of nitrogens with one attached hydrogen (secondary N) is 2. The predicted octanol–water partition coefficient (Wildman–Crippen LogP) is 8.87. The molecule has 0 spiro atoms. The number of nitrogens with two attached hydrogens (primary N) is 1. The monoisotopic (exact) mass is 876 g/mol. The Kier molecular flexibility index (Phi) is 20.7. The number of nitrogens with zero attached hydrogens (tertiary/aromatic N) is 3. The zero-order valence-corrected chi connectivity index (χ0v) is 38.4. The summed E-state index contributed by atoms with van der Waals surface area (Å²) in [6, 6.07) is 20.7. The van der Waals surface area contributed by atoms with Crippen LogP contribution < -0.4 is 30.7 Å². The van der Waals surface area contributed by atoms with Crippen molar-refractivity contribution in [2.24, 2.45) is 10.7 Å². The van der Waals surface area contributed by atoms with Gasteiger partial charge < -0.3 is 45.2 Å². The van der Waals surface area contributed by atoms with Crippen molar-refractivity contribution >= 4 is 90.9 Å². The number of aliphatic imine (C=N–C) groups is 1. The number of hydrogen-bond donors (Lipinski definition) is 3. The molecule has 0 radical (unpaired) electrons. The van der Waals surface area contributed by atoms with E-state index in [0.29, 0.717) is 48.6 Å². The van der Waals surface area contributed by atoms with Crippen LogP contribution in [0, 0.1) is 0 Å². The molecule has 2 unspecified atom stereocenters. The number of carbonyl (C=O) groups is 4. The number of likely N-dealkylation sites (N-methyl/N-ethyl adjacent to an activating group) is 1. The summed E-state index contributed by atoms with van der Waals surface area (Å²) in [5.74, 6) is 0.881. The molecule has 0 fully saturated rings. The summed E-state index contributed by atoms with van der Waals surface area (Å²) in [4.78, 5) is 51.8. The molecular formula is C45H60N6O6S3. The highest BCUT2D eigenvalue weighted by Crippen LogP contribution is 2.39. The molecule has 324 valence electrons. The SMILES string of the molecule is C=O.CN.CNc1cc2cc(C3CC(NC(=O)CCCOc4cc(N=CC5Cc6ccccc6N5C)c(C=O)cc4OC)=CN3C)ccc2s1.CSSC(C)(C)CCC=O. The first kappa shape index (κ1) is 49.5. The Hall–Kier alpha value is -4.83. The van der Waals surface area contributed by atoms with E-state index < -0.39 is 0 Å². The van der Waals surface area contributed by atoms with E-state index in [1.54, 1.807) is 34.3 Å². The molecule has 0 aliphatic carbocycles. The molecule has 1 aromatic heterocycles. The maximum atomic E-state index is 12.8. The quantitative estimate of drug-likeness (QED) is 0.0402. The average Bonchev–Trinajstić information content (AvgIpc) is 3.95. The van der Waals surface area contributed by atoms with Crippen LogP contribution in [0.25, 0.3) is 10.1 Å². The minimum Gasteiger partial charge on any atom is -0.493 e. The third-order valence-electron chi connectivity index (χ3n) is 9.84. The van der Waals surface area contributed by atoms with E-state index in [0.717, 1.165) is 42.5 Å². The fraction of sp³-hybridized carbons (Fsp3) is 0.400. The smallest absolute Gasteiger partial charge is 0.224 e. The minimum absolute atomic E-state index is 0.0499. The minimum atomic E-state index is -0.0499. The fourth-order valence-corrected chi connectivity index (χ4v) is 9.98. The van der Waals surface area contributed by atoms with Crippen molar-refractivity contribution in [2.45, 2.75) is 69.2 Å². The van der Waals surface area contributed by atoms with Crippen LogP contribution in [-0.4, -0.2) is 95.3 Å². The lowest BCUT2D eigenvalue weighted by Gasteiger charge is -2.21. The normalized spacial score (nSPS) is 15.4. The highest BCUT2D eigenvalue weighted by molar-refractivity contribution is 8.76. The predicted molar refractivity (Wildman–Crippen MR) is 254 cm³/mol. The molecule has 2 aliphatic rings. The van der Waals surface area contributed by atoms with Crippen molar-refractivity contribution in [3.05, 3.63) is 89.3 Å². The van der Waals surface area contributed by atoms with Gasteiger partial charge in [-0.3, -0.25) is 14.6 Å². The number of fused-ring (bicyclic) bond motifs is 2. The first-order valence-electron chi connectivity index (χ1n) is 19.6. The first-order chi connectivity index (χ1) is 29.0. The van der Waals surface area contributed by atoms with Crippen molar-refractivity contribution in [3.8, 4) is 11.5 Å². The molecule has 2 aliphatic heterocycles. The van der Waals surface area contributed by atoms with Crippen molar-refractivity contribution in [2.75, 3.05) is 58.4 Å². The van der Waals surface area contributed by atoms with Gasteiger partial charge in [0.15, 0.2) is 17.8 Å². The zero-order valence-electron chi connectivity index (χ0n) is 36.0. The number of thiophene rings is 1. The van der Waals surface area contributed by atoms with E-state index in [1.807, 2.05) is 63.3 Å². The van der Waals surface area contributed by atoms with Gasteiger partial charge >= 0.3 is 0 Å². The lowest BCUT2D eigenvalue weighted by Crippen LogP contribution is -2.28. The van der Waals surface area contributed by atoms with Gasteiger partial charge in [-0.05, 0) is 93.3 Å². The standard InChI is InChI=1S/C36H39N5O4S.C7H14OS2.CH5N.CH2O/c1-37-36-17-25-14-24(11-12-34(25)46-36)31-18-27(21-40(31)2)39-35(43)10-7-13-45-33-19-29(26(22-42)16-32(33)44-4)38-20-28-15-23-8-5-6-9-30(23)41(28)3;1-7(2,10-9-3)5-4-6-8;2*1-2/h5-6,8-9,11-12,14,16-17,19-22,28,31,37H,7,10,13,15,18H2,1-4H3,(H,39,43);6H,4-5H2,1-3H3;2H2,1H3;1H2. The Balaban J connectivity index is 0.000000598. The molecule has 12 nitrogen and oxygen atoms in total. The summed E-state index contributed by atoms with van der Waals surface area (Å²) in [6.07, 6.45) is 11.8. The number of amides is 1. The van der Waals surface area contributed by atoms with Crippen molar-refractivity contribution in [1.82, 2.24) is 10.2 Å². The van der Waals surface area contributed by atoms with Crippen LogP contribution in [0.2, 0.25) is 0 Å². The van der Waals surface area contributed by atoms with Gasteiger partial charge in [0.05, 0.1) is 36.5 Å². The molecule has 0 bridgehead atoms. The highest BCUT2D eigenvalue weighted by Gasteiger charge is 2.26. The summed E-state index contributed by atoms with van der Waals surface area (Å²) in [7, 11) is 12.7. The van der Waals surface area contributed by atoms with Crippen LogP contribution in [0.15, 0.2) is 77.6 Å². The molecule has 1 amide bonds. The van der Waals surface area contributed by atoms with Crippen molar-refractivity contribution < 1.29 is 28.7 Å². The van der Waals surface area contributed by atoms with E-state index >= 15 is 0 Å². The molecule has 3 heterocycles. The highest BCUT2D eigenvalue weighted by atomic mass is 33.1. The van der Waals surface area contributed by atoms with E-state index in [4.69, 9.17) is 14.3 Å². The maximum absolute atomic E-state index is 12.8. The summed E-state index contributed by atoms with van der Waals surface area (Å²) in [6.45, 7) is 6.64. The molecule has 3 aromatic carbocycles. The number of benzene rings is 3. The second-order valence-corrected chi connectivity index (χ2v) is 18.6. The van der Waals surface area contributed by atoms with Crippen LogP contribution >= 0.6 is 32.9 Å². The number of rotatable bonds is 17. The fourth-order valence-electron chi connectivity index (χ4n) is 6.83. The number of ether oxygens (including phenoxy) is 2. The lowest BCUT2D eigenvalue weighted by atomic mass is 10.0. The number of aldehydes is 2. The van der Waals surface area contributed by atoms with Gasteiger partial charge in [0, 0.05) is 85.3 Å². The van der Waals surface area contributed by atoms with E-state index in [2.05, 4.69) is 87.7 Å². The second-order valence-electron chi connectivity index (χ2n) is 14.4. The number of anilines is 2. The van der Waals surface area contributed by atoms with E-state index in [1.165, 1.54) is 41.1 Å². The molecular weight excluding hydrogens is 817 g/mol. The molecule has 0 saturated heterocycles. The summed E-state index contributed by atoms with van der Waals surface area (Å²) >= 11 is 1.74. The Morgan fingerprint density at radius 2 is 1.82 bits per heavy atom. The summed E-state index contributed by atoms with van der Waals surface area (Å²) in [5, 5.41) is 8.68. The van der Waals surface area contributed by atoms with Crippen LogP contribution in [0.1, 0.15) is 73.5 Å². The largest absolute Gasteiger partial charge is 0.493 e. The Morgan fingerprint density at radius 1 is 1.07 bits per heavy atom. The molecule has 2 atom stereocenters. The number of methoxy groups -OCH3 is 1. The molecule has 0 saturated carbocycles. The van der Waals surface area contributed by atoms with Gasteiger partial charge in [-0.2, -0.15) is 0 Å².